The van der Waals surface area contributed by atoms with E-state index in [2.05, 4.69) is 4.74 Å². The summed E-state index contributed by atoms with van der Waals surface area (Å²) in [5.41, 5.74) is 0. The van der Waals surface area contributed by atoms with Gasteiger partial charge in [0, 0.05) is 7.11 Å². The van der Waals surface area contributed by atoms with Crippen molar-refractivity contribution >= 4 is 0 Å². The molecule has 66 valence electrons. The van der Waals surface area contributed by atoms with Gasteiger partial charge in [-0.3, -0.25) is 0 Å². The summed E-state index contributed by atoms with van der Waals surface area (Å²) in [5.74, 6) is 0. The van der Waals surface area contributed by atoms with E-state index >= 15 is 0 Å². The highest BCUT2D eigenvalue weighted by atomic mass is 16.7. The number of ether oxygens (including phenoxy) is 2. The highest BCUT2D eigenvalue weighted by Gasteiger charge is 2.42. The molecule has 4 atom stereocenters. The van der Waals surface area contributed by atoms with Gasteiger partial charge in [-0.2, -0.15) is 0 Å². The van der Waals surface area contributed by atoms with E-state index in [-0.39, 0.29) is 6.61 Å². The summed E-state index contributed by atoms with van der Waals surface area (Å²) in [6.07, 6.45) is -3.71. The minimum atomic E-state index is -1.07. The van der Waals surface area contributed by atoms with Gasteiger partial charge in [0.25, 0.3) is 0 Å². The van der Waals surface area contributed by atoms with E-state index in [9.17, 15) is 0 Å². The molecule has 0 saturated carbocycles. The standard InChI is InChI=1S/C6H12O5/c1-10-6-5(9)4(8)3(2-7)11-6/h3-9H,2H2,1H3/t3-,4+,5?,6?/m1/s1. The Hall–Kier alpha value is -0.200. The molecule has 0 bridgehead atoms. The number of hydrogen-bond donors (Lipinski definition) is 3. The van der Waals surface area contributed by atoms with Crippen LogP contribution in [-0.2, 0) is 9.47 Å². The quantitative estimate of drug-likeness (QED) is 0.443. The Morgan fingerprint density at radius 1 is 1.36 bits per heavy atom. The van der Waals surface area contributed by atoms with Gasteiger partial charge in [-0.05, 0) is 0 Å². The lowest BCUT2D eigenvalue weighted by Gasteiger charge is -2.11. The predicted molar refractivity (Wildman–Crippen MR) is 34.8 cm³/mol. The van der Waals surface area contributed by atoms with Crippen LogP contribution in [0.2, 0.25) is 0 Å². The molecule has 1 aliphatic heterocycles. The van der Waals surface area contributed by atoms with Crippen LogP contribution < -0.4 is 0 Å². The van der Waals surface area contributed by atoms with Gasteiger partial charge in [0.1, 0.15) is 18.3 Å². The molecule has 0 aromatic rings. The summed E-state index contributed by atoms with van der Waals surface area (Å²) >= 11 is 0. The normalized spacial score (nSPS) is 44.7. The van der Waals surface area contributed by atoms with Crippen LogP contribution in [0.1, 0.15) is 0 Å². The Bertz CT molecular complexity index is 110. The van der Waals surface area contributed by atoms with Crippen LogP contribution in [0.25, 0.3) is 0 Å². The minimum absolute atomic E-state index is 0.321. The van der Waals surface area contributed by atoms with Crippen molar-refractivity contribution in [3.05, 3.63) is 0 Å². The number of aliphatic hydroxyl groups is 3. The lowest BCUT2D eigenvalue weighted by molar-refractivity contribution is -0.153. The van der Waals surface area contributed by atoms with Gasteiger partial charge < -0.3 is 24.8 Å². The number of hydrogen-bond acceptors (Lipinski definition) is 5. The van der Waals surface area contributed by atoms with Crippen molar-refractivity contribution < 1.29 is 24.8 Å². The largest absolute Gasteiger partial charge is 0.394 e. The summed E-state index contributed by atoms with van der Waals surface area (Å²) in [6, 6.07) is 0. The first-order valence-corrected chi connectivity index (χ1v) is 3.36. The molecular formula is C6H12O5. The molecule has 0 radical (unpaired) electrons. The molecule has 0 aromatic heterocycles. The third kappa shape index (κ3) is 1.52. The highest BCUT2D eigenvalue weighted by Crippen LogP contribution is 2.20. The predicted octanol–water partition coefficient (Wildman–Crippen LogP) is -1.93. The molecule has 5 heteroatoms. The van der Waals surface area contributed by atoms with Crippen LogP contribution in [0.4, 0.5) is 0 Å². The average Bonchev–Trinajstić information content (AvgIpc) is 2.30. The van der Waals surface area contributed by atoms with Crippen molar-refractivity contribution in [1.82, 2.24) is 0 Å². The van der Waals surface area contributed by atoms with Gasteiger partial charge >= 0.3 is 0 Å². The molecule has 0 spiro atoms. The van der Waals surface area contributed by atoms with Crippen LogP contribution in [0.3, 0.4) is 0 Å². The first kappa shape index (κ1) is 8.89. The summed E-state index contributed by atoms with van der Waals surface area (Å²) in [5, 5.41) is 26.9. The maximum atomic E-state index is 9.15. The first-order valence-electron chi connectivity index (χ1n) is 3.36. The first-order chi connectivity index (χ1) is 5.20. The fraction of sp³-hybridized carbons (Fsp3) is 1.00. The molecule has 1 heterocycles. The second-order valence-corrected chi connectivity index (χ2v) is 2.44. The minimum Gasteiger partial charge on any atom is -0.394 e. The topological polar surface area (TPSA) is 79.2 Å². The number of aliphatic hydroxyl groups excluding tert-OH is 3. The fourth-order valence-corrected chi connectivity index (χ4v) is 1.06. The van der Waals surface area contributed by atoms with Crippen molar-refractivity contribution in [2.75, 3.05) is 13.7 Å². The van der Waals surface area contributed by atoms with Crippen LogP contribution in [0.15, 0.2) is 0 Å². The van der Waals surface area contributed by atoms with E-state index in [0.717, 1.165) is 0 Å². The Morgan fingerprint density at radius 2 is 2.00 bits per heavy atom. The summed E-state index contributed by atoms with van der Waals surface area (Å²) < 4.78 is 9.59. The van der Waals surface area contributed by atoms with E-state index in [0.29, 0.717) is 0 Å². The van der Waals surface area contributed by atoms with Gasteiger partial charge in [0.2, 0.25) is 0 Å². The second kappa shape index (κ2) is 3.46. The van der Waals surface area contributed by atoms with E-state index in [1.165, 1.54) is 7.11 Å². The second-order valence-electron chi connectivity index (χ2n) is 2.44. The van der Waals surface area contributed by atoms with Crippen LogP contribution in [-0.4, -0.2) is 53.6 Å². The van der Waals surface area contributed by atoms with Gasteiger partial charge in [-0.1, -0.05) is 0 Å². The van der Waals surface area contributed by atoms with Crippen molar-refractivity contribution in [2.24, 2.45) is 0 Å². The van der Waals surface area contributed by atoms with Crippen molar-refractivity contribution in [1.29, 1.82) is 0 Å². The molecule has 5 nitrogen and oxygen atoms in total. The highest BCUT2D eigenvalue weighted by molar-refractivity contribution is 4.85. The van der Waals surface area contributed by atoms with Crippen molar-refractivity contribution in [3.8, 4) is 0 Å². The van der Waals surface area contributed by atoms with Crippen LogP contribution >= 0.6 is 0 Å². The smallest absolute Gasteiger partial charge is 0.186 e. The lowest BCUT2D eigenvalue weighted by atomic mass is 10.1. The summed E-state index contributed by atoms with van der Waals surface area (Å²) in [7, 11) is 1.36. The Balaban J connectivity index is 2.53. The number of methoxy groups -OCH3 is 1. The lowest BCUT2D eigenvalue weighted by Crippen LogP contribution is -2.34. The molecule has 11 heavy (non-hydrogen) atoms. The Labute approximate surface area is 64.2 Å². The summed E-state index contributed by atoms with van der Waals surface area (Å²) in [6.45, 7) is -0.321. The van der Waals surface area contributed by atoms with E-state index in [1.54, 1.807) is 0 Å². The van der Waals surface area contributed by atoms with Crippen LogP contribution in [0, 0.1) is 0 Å². The monoisotopic (exact) mass is 164 g/mol. The van der Waals surface area contributed by atoms with E-state index in [4.69, 9.17) is 20.1 Å². The van der Waals surface area contributed by atoms with Crippen molar-refractivity contribution in [3.63, 3.8) is 0 Å². The maximum absolute atomic E-state index is 9.15. The molecule has 0 aromatic carbocycles. The molecule has 1 rings (SSSR count). The van der Waals surface area contributed by atoms with E-state index < -0.39 is 24.6 Å². The SMILES string of the molecule is COC1O[C@H](CO)[C@H](O)C1O. The Morgan fingerprint density at radius 3 is 2.27 bits per heavy atom. The third-order valence-corrected chi connectivity index (χ3v) is 1.73. The zero-order chi connectivity index (χ0) is 8.43. The molecule has 3 N–H and O–H groups in total. The van der Waals surface area contributed by atoms with Gasteiger partial charge in [-0.15, -0.1) is 0 Å². The maximum Gasteiger partial charge on any atom is 0.186 e. The molecule has 1 fully saturated rings. The molecule has 2 unspecified atom stereocenters. The third-order valence-electron chi connectivity index (χ3n) is 1.73. The van der Waals surface area contributed by atoms with Gasteiger partial charge in [-0.25, -0.2) is 0 Å². The average molecular weight is 164 g/mol. The molecule has 0 aliphatic carbocycles. The fourth-order valence-electron chi connectivity index (χ4n) is 1.06. The van der Waals surface area contributed by atoms with Crippen molar-refractivity contribution in [2.45, 2.75) is 24.6 Å². The van der Waals surface area contributed by atoms with Crippen LogP contribution in [0.5, 0.6) is 0 Å². The number of rotatable bonds is 2. The van der Waals surface area contributed by atoms with Gasteiger partial charge in [0.05, 0.1) is 6.61 Å². The Kier molecular flexibility index (Phi) is 2.80. The molecule has 0 amide bonds. The molecular weight excluding hydrogens is 152 g/mol. The molecule has 1 aliphatic rings. The zero-order valence-electron chi connectivity index (χ0n) is 6.17. The summed E-state index contributed by atoms with van der Waals surface area (Å²) in [4.78, 5) is 0. The molecule has 1 saturated heterocycles. The van der Waals surface area contributed by atoms with E-state index in [1.807, 2.05) is 0 Å². The van der Waals surface area contributed by atoms with Gasteiger partial charge in [0.15, 0.2) is 6.29 Å². The zero-order valence-corrected chi connectivity index (χ0v) is 6.17.